The molecule has 3 aromatic carbocycles. The van der Waals surface area contributed by atoms with Gasteiger partial charge in [0.15, 0.2) is 0 Å². The lowest BCUT2D eigenvalue weighted by atomic mass is 9.85. The number of rotatable bonds is 5. The van der Waals surface area contributed by atoms with Gasteiger partial charge in [-0.05, 0) is 105 Å². The van der Waals surface area contributed by atoms with Gasteiger partial charge in [0.05, 0.1) is 33.4 Å². The van der Waals surface area contributed by atoms with Crippen LogP contribution < -0.4 is 15.8 Å². The van der Waals surface area contributed by atoms with Crippen LogP contribution in [0.1, 0.15) is 98.8 Å². The van der Waals surface area contributed by atoms with E-state index in [1.807, 2.05) is 6.07 Å². The van der Waals surface area contributed by atoms with E-state index in [4.69, 9.17) is 0 Å². The van der Waals surface area contributed by atoms with Gasteiger partial charge in [-0.2, -0.15) is 18.2 Å². The molecule has 5 aromatic rings. The van der Waals surface area contributed by atoms with Gasteiger partial charge in [-0.15, -0.1) is 0 Å². The minimum absolute atomic E-state index is 0.129. The summed E-state index contributed by atoms with van der Waals surface area (Å²) in [4.78, 5) is 46.6. The summed E-state index contributed by atoms with van der Waals surface area (Å²) in [5.41, 5.74) is 3.48. The molecule has 1 unspecified atom stereocenters. The zero-order valence-corrected chi connectivity index (χ0v) is 29.6. The number of nitrogens with zero attached hydrogens (tertiary/aromatic N) is 5. The van der Waals surface area contributed by atoms with Crippen molar-refractivity contribution in [1.82, 2.24) is 24.2 Å². The molecule has 2 amide bonds. The molecule has 4 fully saturated rings. The first-order chi connectivity index (χ1) is 25.6. The summed E-state index contributed by atoms with van der Waals surface area (Å²) in [6, 6.07) is 19.2. The van der Waals surface area contributed by atoms with Gasteiger partial charge in [0.2, 0.25) is 17.6 Å². The Kier molecular flexibility index (Phi) is 8.55. The normalized spacial score (nSPS) is 21.7. The minimum Gasteiger partial charge on any atom is -0.371 e. The Morgan fingerprint density at radius 1 is 0.717 bits per heavy atom. The number of piperidine rings is 3. The Hall–Kier alpha value is -4.71. The molecule has 276 valence electrons. The number of hydrogen-bond acceptors (Lipinski definition) is 6. The molecule has 0 spiro atoms. The second-order valence-electron chi connectivity index (χ2n) is 15.4. The van der Waals surface area contributed by atoms with Crippen LogP contribution in [0.5, 0.6) is 0 Å². The van der Waals surface area contributed by atoms with E-state index >= 15 is 0 Å². The highest BCUT2D eigenvalue weighted by atomic mass is 19.4. The van der Waals surface area contributed by atoms with Crippen LogP contribution in [0.3, 0.4) is 0 Å². The molecule has 1 saturated carbocycles. The SMILES string of the molecule is O=C1CCC(c2ccc(C3CCN(C4CCN(c5ccc6c(c5)n(C5CCCC5)c5nc(=O)c7c(C(F)(F)F)cccc7n65)CC4)CC3)cc2)C(=O)N1. The molecule has 1 aliphatic carbocycles. The zero-order valence-electron chi connectivity index (χ0n) is 29.6. The highest BCUT2D eigenvalue weighted by molar-refractivity contribution is 6.01. The number of imide groups is 1. The summed E-state index contributed by atoms with van der Waals surface area (Å²) in [5, 5.41) is 2.07. The molecule has 9 rings (SSSR count). The smallest absolute Gasteiger partial charge is 0.371 e. The van der Waals surface area contributed by atoms with Crippen molar-refractivity contribution >= 4 is 45.2 Å². The summed E-state index contributed by atoms with van der Waals surface area (Å²) in [7, 11) is 0. The lowest BCUT2D eigenvalue weighted by Crippen LogP contribution is -2.47. The van der Waals surface area contributed by atoms with Crippen molar-refractivity contribution < 1.29 is 22.8 Å². The molecular formula is C41H43F3N6O3. The first kappa shape index (κ1) is 34.1. The first-order valence-electron chi connectivity index (χ1n) is 19.1. The standard InChI is InChI=1S/C41H43F3N6O3/c42-41(43,44)32-6-3-7-34-37(32)39(53)46-40-49(29-4-1-2-5-29)35-24-30(12-14-33(35)50(34)40)48-22-18-28(19-23-48)47-20-16-26(17-21-47)25-8-10-27(11-9-25)31-13-15-36(51)45-38(31)52/h3,6-12,14,24,26,28-29,31H,1-2,4-5,13,15-23H2,(H,45,51,52). The van der Waals surface area contributed by atoms with E-state index in [1.54, 1.807) is 10.5 Å². The molecule has 4 aliphatic rings. The van der Waals surface area contributed by atoms with Crippen LogP contribution in [0.15, 0.2) is 65.5 Å². The minimum atomic E-state index is -4.67. The molecule has 3 aliphatic heterocycles. The van der Waals surface area contributed by atoms with Crippen LogP contribution in [0, 0.1) is 0 Å². The van der Waals surface area contributed by atoms with Crippen LogP contribution in [-0.4, -0.2) is 62.9 Å². The second kappa shape index (κ2) is 13.3. The Morgan fingerprint density at radius 2 is 1.43 bits per heavy atom. The fraction of sp³-hybridized carbons (Fsp3) is 0.463. The summed E-state index contributed by atoms with van der Waals surface area (Å²) in [6.45, 7) is 3.92. The zero-order chi connectivity index (χ0) is 36.4. The third-order valence-electron chi connectivity index (χ3n) is 12.5. The first-order valence-corrected chi connectivity index (χ1v) is 19.1. The molecule has 9 nitrogen and oxygen atoms in total. The van der Waals surface area contributed by atoms with Crippen LogP contribution in [0.4, 0.5) is 18.9 Å². The number of halogens is 3. The molecule has 1 atom stereocenters. The number of carbonyl (C=O) groups excluding carboxylic acids is 2. The number of hydrogen-bond donors (Lipinski definition) is 1. The van der Waals surface area contributed by atoms with E-state index in [0.29, 0.717) is 30.6 Å². The van der Waals surface area contributed by atoms with Crippen molar-refractivity contribution in [3.63, 3.8) is 0 Å². The van der Waals surface area contributed by atoms with Crippen molar-refractivity contribution in [2.75, 3.05) is 31.1 Å². The summed E-state index contributed by atoms with van der Waals surface area (Å²) in [6.07, 6.45) is 4.58. The van der Waals surface area contributed by atoms with Gasteiger partial charge in [-0.25, -0.2) is 0 Å². The number of fused-ring (bicyclic) bond motifs is 5. The maximum Gasteiger partial charge on any atom is 0.417 e. The number of benzene rings is 3. The van der Waals surface area contributed by atoms with Gasteiger partial charge in [-0.3, -0.25) is 24.1 Å². The average Bonchev–Trinajstić information content (AvgIpc) is 3.80. The summed E-state index contributed by atoms with van der Waals surface area (Å²) < 4.78 is 46.0. The maximum atomic E-state index is 14.0. The number of amides is 2. The van der Waals surface area contributed by atoms with Crippen LogP contribution in [0.2, 0.25) is 0 Å². The predicted molar refractivity (Wildman–Crippen MR) is 197 cm³/mol. The van der Waals surface area contributed by atoms with Crippen LogP contribution in [-0.2, 0) is 15.8 Å². The number of alkyl halides is 3. The lowest BCUT2D eigenvalue weighted by molar-refractivity contribution is -0.136. The topological polar surface area (TPSA) is 92.0 Å². The molecule has 53 heavy (non-hydrogen) atoms. The van der Waals surface area contributed by atoms with Gasteiger partial charge in [0.25, 0.3) is 5.56 Å². The van der Waals surface area contributed by atoms with Gasteiger partial charge < -0.3 is 14.4 Å². The fourth-order valence-corrected chi connectivity index (χ4v) is 9.71. The molecule has 1 N–H and O–H groups in total. The van der Waals surface area contributed by atoms with Gasteiger partial charge >= 0.3 is 6.18 Å². The highest BCUT2D eigenvalue weighted by Crippen LogP contribution is 2.40. The number of anilines is 1. The number of aromatic nitrogens is 3. The summed E-state index contributed by atoms with van der Waals surface area (Å²) >= 11 is 0. The molecular weight excluding hydrogens is 681 g/mol. The van der Waals surface area contributed by atoms with Crippen LogP contribution >= 0.6 is 0 Å². The monoisotopic (exact) mass is 724 g/mol. The van der Waals surface area contributed by atoms with E-state index < -0.39 is 17.3 Å². The molecule has 5 heterocycles. The van der Waals surface area contributed by atoms with Crippen molar-refractivity contribution in [2.45, 2.75) is 94.3 Å². The number of likely N-dealkylation sites (tertiary alicyclic amines) is 1. The quantitative estimate of drug-likeness (QED) is 0.191. The number of carbonyl (C=O) groups is 2. The van der Waals surface area contributed by atoms with Gasteiger partial charge in [-0.1, -0.05) is 43.2 Å². The molecule has 0 bridgehead atoms. The fourth-order valence-electron chi connectivity index (χ4n) is 9.71. The largest absolute Gasteiger partial charge is 0.417 e. The number of imidazole rings is 1. The summed E-state index contributed by atoms with van der Waals surface area (Å²) in [5.74, 6) is 0.252. The van der Waals surface area contributed by atoms with Gasteiger partial charge in [0, 0.05) is 37.3 Å². The Morgan fingerprint density at radius 3 is 2.13 bits per heavy atom. The van der Waals surface area contributed by atoms with Gasteiger partial charge in [0.1, 0.15) is 0 Å². The maximum absolute atomic E-state index is 14.0. The van der Waals surface area contributed by atoms with Crippen LogP contribution in [0.25, 0.3) is 27.7 Å². The Balaban J connectivity index is 0.911. The molecule has 3 saturated heterocycles. The Bertz CT molecular complexity index is 2270. The molecule has 12 heteroatoms. The predicted octanol–water partition coefficient (Wildman–Crippen LogP) is 7.30. The Labute approximate surface area is 304 Å². The molecule has 0 radical (unpaired) electrons. The van der Waals surface area contributed by atoms with E-state index in [2.05, 4.69) is 61.1 Å². The van der Waals surface area contributed by atoms with E-state index in [1.165, 1.54) is 11.6 Å². The molecule has 2 aromatic heterocycles. The van der Waals surface area contributed by atoms with Crippen molar-refractivity contribution in [1.29, 1.82) is 0 Å². The third-order valence-corrected chi connectivity index (χ3v) is 12.5. The average molecular weight is 725 g/mol. The number of nitrogens with one attached hydrogen (secondary N) is 1. The van der Waals surface area contributed by atoms with E-state index in [0.717, 1.165) is 106 Å². The van der Waals surface area contributed by atoms with E-state index in [-0.39, 0.29) is 34.7 Å². The third kappa shape index (κ3) is 6.08. The van der Waals surface area contributed by atoms with Crippen molar-refractivity contribution in [2.24, 2.45) is 0 Å². The van der Waals surface area contributed by atoms with E-state index in [9.17, 15) is 27.6 Å². The highest BCUT2D eigenvalue weighted by Gasteiger charge is 2.36. The lowest BCUT2D eigenvalue weighted by Gasteiger charge is -2.42. The second-order valence-corrected chi connectivity index (χ2v) is 15.4. The van der Waals surface area contributed by atoms with Crippen molar-refractivity contribution in [3.05, 3.63) is 87.7 Å². The van der Waals surface area contributed by atoms with Crippen molar-refractivity contribution in [3.8, 4) is 0 Å².